The quantitative estimate of drug-likeness (QED) is 0.714. The largest absolute Gasteiger partial charge is 0.350 e. The lowest BCUT2D eigenvalue weighted by molar-refractivity contribution is -0.125. The Hall–Kier alpha value is -1.15. The van der Waals surface area contributed by atoms with Crippen LogP contribution in [0.3, 0.4) is 0 Å². The maximum absolute atomic E-state index is 11.7. The normalized spacial score (nSPS) is 11.6. The van der Waals surface area contributed by atoms with Crippen LogP contribution in [-0.2, 0) is 21.4 Å². The lowest BCUT2D eigenvalue weighted by Gasteiger charge is -2.17. The fourth-order valence-electron chi connectivity index (χ4n) is 1.47. The zero-order valence-corrected chi connectivity index (χ0v) is 14.0. The van der Waals surface area contributed by atoms with Crippen LogP contribution in [0.2, 0.25) is 0 Å². The van der Waals surface area contributed by atoms with Crippen LogP contribution in [-0.4, -0.2) is 26.4 Å². The van der Waals surface area contributed by atoms with Crippen LogP contribution in [0.15, 0.2) is 29.2 Å². The minimum absolute atomic E-state index is 0. The van der Waals surface area contributed by atoms with E-state index in [4.69, 9.17) is 5.73 Å². The highest BCUT2D eigenvalue weighted by Crippen LogP contribution is 2.10. The van der Waals surface area contributed by atoms with Crippen LogP contribution >= 0.6 is 12.4 Å². The van der Waals surface area contributed by atoms with Gasteiger partial charge in [0.2, 0.25) is 15.9 Å². The molecule has 0 bridgehead atoms. The van der Waals surface area contributed by atoms with Crippen molar-refractivity contribution in [2.45, 2.75) is 37.8 Å². The number of carbonyl (C=O) groups is 1. The van der Waals surface area contributed by atoms with Gasteiger partial charge in [-0.1, -0.05) is 19.1 Å². The molecule has 0 unspecified atom stereocenters. The molecule has 1 amide bonds. The van der Waals surface area contributed by atoms with Gasteiger partial charge in [-0.2, -0.15) is 0 Å². The number of amides is 1. The molecule has 1 rings (SSSR count). The summed E-state index contributed by atoms with van der Waals surface area (Å²) >= 11 is 0. The fraction of sp³-hybridized carbons (Fsp3) is 0.462. The van der Waals surface area contributed by atoms with Crippen molar-refractivity contribution in [2.24, 2.45) is 5.73 Å². The lowest BCUT2D eigenvalue weighted by Crippen LogP contribution is -2.48. The van der Waals surface area contributed by atoms with E-state index >= 15 is 0 Å². The molecule has 0 aromatic heterocycles. The molecule has 1 aromatic rings. The van der Waals surface area contributed by atoms with Crippen molar-refractivity contribution in [1.82, 2.24) is 10.0 Å². The van der Waals surface area contributed by atoms with E-state index in [-0.39, 0.29) is 23.2 Å². The van der Waals surface area contributed by atoms with Crippen molar-refractivity contribution in [3.8, 4) is 0 Å². The van der Waals surface area contributed by atoms with Crippen molar-refractivity contribution in [3.05, 3.63) is 29.8 Å². The van der Waals surface area contributed by atoms with Crippen molar-refractivity contribution in [2.75, 3.05) is 6.54 Å². The van der Waals surface area contributed by atoms with E-state index < -0.39 is 15.6 Å². The van der Waals surface area contributed by atoms with Crippen LogP contribution in [0.5, 0.6) is 0 Å². The van der Waals surface area contributed by atoms with E-state index in [0.29, 0.717) is 13.1 Å². The predicted molar refractivity (Wildman–Crippen MR) is 84.7 cm³/mol. The molecule has 0 fully saturated rings. The van der Waals surface area contributed by atoms with Crippen LogP contribution in [0.1, 0.15) is 26.3 Å². The van der Waals surface area contributed by atoms with Gasteiger partial charge in [0.25, 0.3) is 0 Å². The van der Waals surface area contributed by atoms with Gasteiger partial charge in [-0.05, 0) is 31.5 Å². The third kappa shape index (κ3) is 6.01. The summed E-state index contributed by atoms with van der Waals surface area (Å²) in [5.41, 5.74) is 5.53. The molecule has 0 radical (unpaired) electrons. The molecule has 8 heteroatoms. The molecule has 6 nitrogen and oxygen atoms in total. The first kappa shape index (κ1) is 19.9. The van der Waals surface area contributed by atoms with Crippen LogP contribution < -0.4 is 15.8 Å². The molecule has 0 atom stereocenters. The van der Waals surface area contributed by atoms with Crippen molar-refractivity contribution in [1.29, 1.82) is 0 Å². The second-order valence-electron chi connectivity index (χ2n) is 5.05. The zero-order chi connectivity index (χ0) is 15.4. The number of rotatable bonds is 6. The number of nitrogens with two attached hydrogens (primary N) is 1. The van der Waals surface area contributed by atoms with Gasteiger partial charge in [-0.15, -0.1) is 12.4 Å². The second kappa shape index (κ2) is 7.74. The monoisotopic (exact) mass is 335 g/mol. The Kier molecular flexibility index (Phi) is 7.32. The van der Waals surface area contributed by atoms with Gasteiger partial charge in [-0.25, -0.2) is 13.1 Å². The third-order valence-electron chi connectivity index (χ3n) is 2.61. The molecule has 21 heavy (non-hydrogen) atoms. The molecule has 0 aliphatic rings. The zero-order valence-electron chi connectivity index (χ0n) is 12.3. The van der Waals surface area contributed by atoms with E-state index in [9.17, 15) is 13.2 Å². The number of sulfonamides is 1. The minimum atomic E-state index is -3.44. The van der Waals surface area contributed by atoms with Gasteiger partial charge in [0.15, 0.2) is 0 Å². The first-order chi connectivity index (χ1) is 9.16. The molecule has 120 valence electrons. The van der Waals surface area contributed by atoms with Crippen LogP contribution in [0, 0.1) is 0 Å². The van der Waals surface area contributed by atoms with E-state index in [1.54, 1.807) is 32.9 Å². The Balaban J connectivity index is 0.00000400. The molecule has 4 N–H and O–H groups in total. The number of carbonyl (C=O) groups excluding carboxylic acids is 1. The summed E-state index contributed by atoms with van der Waals surface area (Å²) in [6.45, 7) is 5.60. The van der Waals surface area contributed by atoms with E-state index in [1.165, 1.54) is 12.1 Å². The van der Waals surface area contributed by atoms with Crippen molar-refractivity contribution in [3.63, 3.8) is 0 Å². The molecule has 0 aliphatic carbocycles. The second-order valence-corrected chi connectivity index (χ2v) is 6.82. The van der Waals surface area contributed by atoms with Gasteiger partial charge < -0.3 is 11.1 Å². The highest BCUT2D eigenvalue weighted by Gasteiger charge is 2.21. The average molecular weight is 336 g/mol. The molecule has 0 saturated carbocycles. The first-order valence-electron chi connectivity index (χ1n) is 6.32. The van der Waals surface area contributed by atoms with Crippen molar-refractivity contribution < 1.29 is 13.2 Å². The summed E-state index contributed by atoms with van der Waals surface area (Å²) in [6.07, 6.45) is 0. The Bertz CT molecular complexity index is 565. The fourth-order valence-corrected chi connectivity index (χ4v) is 2.51. The average Bonchev–Trinajstić information content (AvgIpc) is 2.35. The van der Waals surface area contributed by atoms with Gasteiger partial charge >= 0.3 is 0 Å². The smallest absolute Gasteiger partial charge is 0.240 e. The van der Waals surface area contributed by atoms with Crippen LogP contribution in [0.25, 0.3) is 0 Å². The van der Waals surface area contributed by atoms with Crippen LogP contribution in [0.4, 0.5) is 0 Å². The molecule has 0 saturated heterocycles. The minimum Gasteiger partial charge on any atom is -0.350 e. The molecule has 0 heterocycles. The Morgan fingerprint density at radius 1 is 1.24 bits per heavy atom. The topological polar surface area (TPSA) is 101 Å². The summed E-state index contributed by atoms with van der Waals surface area (Å²) in [6, 6.07) is 6.34. The predicted octanol–water partition coefficient (Wildman–Crippen LogP) is 0.760. The molecule has 1 aromatic carbocycles. The molecular formula is C13H22ClN3O3S. The van der Waals surface area contributed by atoms with Gasteiger partial charge in [0, 0.05) is 13.1 Å². The van der Waals surface area contributed by atoms with E-state index in [1.807, 2.05) is 0 Å². The Morgan fingerprint density at radius 3 is 2.19 bits per heavy atom. The number of hydrogen-bond donors (Lipinski definition) is 3. The van der Waals surface area contributed by atoms with E-state index in [0.717, 1.165) is 5.56 Å². The maximum Gasteiger partial charge on any atom is 0.240 e. The number of benzene rings is 1. The summed E-state index contributed by atoms with van der Waals surface area (Å²) in [5, 5.41) is 2.69. The first-order valence-corrected chi connectivity index (χ1v) is 7.81. The summed E-state index contributed by atoms with van der Waals surface area (Å²) < 4.78 is 25.9. The summed E-state index contributed by atoms with van der Waals surface area (Å²) in [7, 11) is -3.44. The Labute approximate surface area is 132 Å². The highest BCUT2D eigenvalue weighted by molar-refractivity contribution is 7.89. The highest BCUT2D eigenvalue weighted by atomic mass is 35.5. The van der Waals surface area contributed by atoms with Gasteiger partial charge in [0.05, 0.1) is 10.4 Å². The maximum atomic E-state index is 11.7. The third-order valence-corrected chi connectivity index (χ3v) is 4.17. The SMILES string of the molecule is CCNS(=O)(=O)c1ccc(CNC(=O)C(C)(C)N)cc1.Cl. The van der Waals surface area contributed by atoms with Gasteiger partial charge in [-0.3, -0.25) is 4.79 Å². The number of nitrogens with one attached hydrogen (secondary N) is 2. The Morgan fingerprint density at radius 2 is 1.76 bits per heavy atom. The van der Waals surface area contributed by atoms with E-state index in [2.05, 4.69) is 10.0 Å². The molecule has 0 aliphatic heterocycles. The van der Waals surface area contributed by atoms with Gasteiger partial charge in [0.1, 0.15) is 0 Å². The number of hydrogen-bond acceptors (Lipinski definition) is 4. The standard InChI is InChI=1S/C13H21N3O3S.ClH/c1-4-16-20(18,19)11-7-5-10(6-8-11)9-15-12(17)13(2,3)14;/h5-8,16H,4,9,14H2,1-3H3,(H,15,17);1H. The molecule has 0 spiro atoms. The summed E-state index contributed by atoms with van der Waals surface area (Å²) in [4.78, 5) is 11.8. The number of halogens is 1. The lowest BCUT2D eigenvalue weighted by atomic mass is 10.1. The molecular weight excluding hydrogens is 314 g/mol. The summed E-state index contributed by atoms with van der Waals surface area (Å²) in [5.74, 6) is -0.262. The van der Waals surface area contributed by atoms with Crippen molar-refractivity contribution >= 4 is 28.3 Å².